The summed E-state index contributed by atoms with van der Waals surface area (Å²) in [7, 11) is 0. The zero-order valence-electron chi connectivity index (χ0n) is 9.74. The second-order valence-corrected chi connectivity index (χ2v) is 4.75. The highest BCUT2D eigenvalue weighted by molar-refractivity contribution is 5.68. The summed E-state index contributed by atoms with van der Waals surface area (Å²) in [5.74, 6) is -0.707. The number of hydrogen-bond donors (Lipinski definition) is 2. The van der Waals surface area contributed by atoms with Crippen molar-refractivity contribution in [2.45, 2.75) is 31.4 Å². The summed E-state index contributed by atoms with van der Waals surface area (Å²) in [6.45, 7) is 6.12. The summed E-state index contributed by atoms with van der Waals surface area (Å²) in [5.41, 5.74) is -0.164. The maximum atomic E-state index is 10.9. The van der Waals surface area contributed by atoms with E-state index >= 15 is 0 Å². The number of nitrogens with zero attached hydrogens (tertiary/aromatic N) is 1. The zero-order valence-corrected chi connectivity index (χ0v) is 9.74. The van der Waals surface area contributed by atoms with Gasteiger partial charge in [0, 0.05) is 26.2 Å². The Morgan fingerprint density at radius 3 is 2.88 bits per heavy atom. The van der Waals surface area contributed by atoms with E-state index in [-0.39, 0.29) is 18.1 Å². The highest BCUT2D eigenvalue weighted by Gasteiger charge is 2.45. The number of ether oxygens (including phenoxy) is 1. The fourth-order valence-electron chi connectivity index (χ4n) is 2.55. The van der Waals surface area contributed by atoms with E-state index in [1.54, 1.807) is 0 Å². The van der Waals surface area contributed by atoms with Crippen LogP contribution >= 0.6 is 0 Å². The van der Waals surface area contributed by atoms with E-state index in [0.29, 0.717) is 0 Å². The maximum Gasteiger partial charge on any atom is 0.305 e. The molecule has 16 heavy (non-hydrogen) atoms. The van der Waals surface area contributed by atoms with Gasteiger partial charge in [-0.3, -0.25) is 9.69 Å². The maximum absolute atomic E-state index is 10.9. The van der Waals surface area contributed by atoms with E-state index in [0.717, 1.165) is 39.2 Å². The van der Waals surface area contributed by atoms with Crippen molar-refractivity contribution >= 4 is 5.97 Å². The SMILES string of the molecule is CCC1CN(C2(CC(=O)O)CNC2)CCO1. The van der Waals surface area contributed by atoms with E-state index in [1.807, 2.05) is 0 Å². The zero-order chi connectivity index (χ0) is 11.6. The molecule has 0 bridgehead atoms. The van der Waals surface area contributed by atoms with Gasteiger partial charge in [0.05, 0.1) is 24.7 Å². The Morgan fingerprint density at radius 1 is 1.62 bits per heavy atom. The van der Waals surface area contributed by atoms with Gasteiger partial charge in [-0.15, -0.1) is 0 Å². The Labute approximate surface area is 95.8 Å². The van der Waals surface area contributed by atoms with E-state index in [2.05, 4.69) is 17.1 Å². The van der Waals surface area contributed by atoms with E-state index < -0.39 is 5.97 Å². The summed E-state index contributed by atoms with van der Waals surface area (Å²) in [5, 5.41) is 12.2. The lowest BCUT2D eigenvalue weighted by Gasteiger charge is -2.52. The van der Waals surface area contributed by atoms with E-state index in [4.69, 9.17) is 9.84 Å². The van der Waals surface area contributed by atoms with Gasteiger partial charge in [0.25, 0.3) is 0 Å². The molecule has 2 saturated heterocycles. The van der Waals surface area contributed by atoms with Gasteiger partial charge in [-0.2, -0.15) is 0 Å². The van der Waals surface area contributed by atoms with Crippen molar-refractivity contribution in [3.05, 3.63) is 0 Å². The molecule has 2 aliphatic heterocycles. The standard InChI is InChI=1S/C11H20N2O3/c1-2-9-6-13(3-4-16-9)11(5-10(14)15)7-12-8-11/h9,12H,2-8H2,1H3,(H,14,15). The highest BCUT2D eigenvalue weighted by Crippen LogP contribution is 2.27. The van der Waals surface area contributed by atoms with Gasteiger partial charge in [-0.25, -0.2) is 0 Å². The molecule has 0 spiro atoms. The Hall–Kier alpha value is -0.650. The van der Waals surface area contributed by atoms with Gasteiger partial charge in [0.15, 0.2) is 0 Å². The monoisotopic (exact) mass is 228 g/mol. The predicted molar refractivity (Wildman–Crippen MR) is 59.5 cm³/mol. The van der Waals surface area contributed by atoms with E-state index in [1.165, 1.54) is 0 Å². The summed E-state index contributed by atoms with van der Waals surface area (Å²) >= 11 is 0. The number of aliphatic carboxylic acids is 1. The normalized spacial score (nSPS) is 29.7. The molecule has 1 atom stereocenters. The molecule has 2 fully saturated rings. The molecule has 0 aliphatic carbocycles. The Morgan fingerprint density at radius 2 is 2.38 bits per heavy atom. The highest BCUT2D eigenvalue weighted by atomic mass is 16.5. The van der Waals surface area contributed by atoms with Crippen LogP contribution in [0.2, 0.25) is 0 Å². The lowest BCUT2D eigenvalue weighted by atomic mass is 9.85. The number of carbonyl (C=O) groups is 1. The van der Waals surface area contributed by atoms with Crippen molar-refractivity contribution in [2.75, 3.05) is 32.8 Å². The van der Waals surface area contributed by atoms with Crippen molar-refractivity contribution in [3.8, 4) is 0 Å². The molecule has 2 rings (SSSR count). The Balaban J connectivity index is 2.00. The first-order valence-corrected chi connectivity index (χ1v) is 5.95. The van der Waals surface area contributed by atoms with Gasteiger partial charge in [-0.05, 0) is 6.42 Å². The summed E-state index contributed by atoms with van der Waals surface area (Å²) in [6.07, 6.45) is 1.49. The quantitative estimate of drug-likeness (QED) is 0.704. The molecule has 92 valence electrons. The minimum Gasteiger partial charge on any atom is -0.481 e. The minimum atomic E-state index is -0.707. The first kappa shape index (κ1) is 11.8. The molecule has 5 heteroatoms. The molecule has 0 saturated carbocycles. The number of rotatable bonds is 4. The molecule has 5 nitrogen and oxygen atoms in total. The number of carboxylic acids is 1. The third-order valence-electron chi connectivity index (χ3n) is 3.65. The summed E-state index contributed by atoms with van der Waals surface area (Å²) in [4.78, 5) is 13.2. The van der Waals surface area contributed by atoms with Gasteiger partial charge in [0.2, 0.25) is 0 Å². The molecule has 0 aromatic heterocycles. The van der Waals surface area contributed by atoms with Crippen LogP contribution in [0.4, 0.5) is 0 Å². The number of morpholine rings is 1. The summed E-state index contributed by atoms with van der Waals surface area (Å²) < 4.78 is 5.62. The molecule has 0 amide bonds. The number of carboxylic acid groups (broad SMARTS) is 1. The van der Waals surface area contributed by atoms with Gasteiger partial charge in [-0.1, -0.05) is 6.92 Å². The topological polar surface area (TPSA) is 61.8 Å². The van der Waals surface area contributed by atoms with Crippen LogP contribution < -0.4 is 5.32 Å². The predicted octanol–water partition coefficient (Wildman–Crippen LogP) is -0.0861. The van der Waals surface area contributed by atoms with Crippen molar-refractivity contribution < 1.29 is 14.6 Å². The van der Waals surface area contributed by atoms with Crippen molar-refractivity contribution in [2.24, 2.45) is 0 Å². The second-order valence-electron chi connectivity index (χ2n) is 4.75. The fraction of sp³-hybridized carbons (Fsp3) is 0.909. The van der Waals surface area contributed by atoms with Gasteiger partial charge >= 0.3 is 5.97 Å². The van der Waals surface area contributed by atoms with Crippen LogP contribution in [-0.2, 0) is 9.53 Å². The van der Waals surface area contributed by atoms with Gasteiger partial charge in [0.1, 0.15) is 0 Å². The van der Waals surface area contributed by atoms with Crippen molar-refractivity contribution in [1.29, 1.82) is 0 Å². The summed E-state index contributed by atoms with van der Waals surface area (Å²) in [6, 6.07) is 0. The molecule has 2 heterocycles. The van der Waals surface area contributed by atoms with Crippen LogP contribution in [0, 0.1) is 0 Å². The fourth-order valence-corrected chi connectivity index (χ4v) is 2.55. The second kappa shape index (κ2) is 4.69. The van der Waals surface area contributed by atoms with Crippen LogP contribution in [0.3, 0.4) is 0 Å². The van der Waals surface area contributed by atoms with Crippen LogP contribution in [0.1, 0.15) is 19.8 Å². The molecule has 2 aliphatic rings. The minimum absolute atomic E-state index is 0.164. The first-order chi connectivity index (χ1) is 7.66. The molecular weight excluding hydrogens is 208 g/mol. The molecule has 0 aromatic rings. The first-order valence-electron chi connectivity index (χ1n) is 5.95. The van der Waals surface area contributed by atoms with Crippen molar-refractivity contribution in [3.63, 3.8) is 0 Å². The van der Waals surface area contributed by atoms with Crippen LogP contribution in [0.25, 0.3) is 0 Å². The largest absolute Gasteiger partial charge is 0.481 e. The van der Waals surface area contributed by atoms with Crippen LogP contribution in [-0.4, -0.2) is 60.4 Å². The number of hydrogen-bond acceptors (Lipinski definition) is 4. The van der Waals surface area contributed by atoms with Crippen molar-refractivity contribution in [1.82, 2.24) is 10.2 Å². The third-order valence-corrected chi connectivity index (χ3v) is 3.65. The molecular formula is C11H20N2O3. The average molecular weight is 228 g/mol. The smallest absolute Gasteiger partial charge is 0.305 e. The Kier molecular flexibility index (Phi) is 3.47. The van der Waals surface area contributed by atoms with Crippen LogP contribution in [0.15, 0.2) is 0 Å². The number of nitrogens with one attached hydrogen (secondary N) is 1. The van der Waals surface area contributed by atoms with E-state index in [9.17, 15) is 4.79 Å². The van der Waals surface area contributed by atoms with Gasteiger partial charge < -0.3 is 15.2 Å². The molecule has 1 unspecified atom stereocenters. The third kappa shape index (κ3) is 2.21. The Bertz CT molecular complexity index is 266. The lowest BCUT2D eigenvalue weighted by Crippen LogP contribution is -2.71. The molecule has 0 aromatic carbocycles. The van der Waals surface area contributed by atoms with Crippen LogP contribution in [0.5, 0.6) is 0 Å². The average Bonchev–Trinajstić information content (AvgIpc) is 2.23. The molecule has 2 N–H and O–H groups in total. The lowest BCUT2D eigenvalue weighted by molar-refractivity contribution is -0.145. The molecule has 0 radical (unpaired) electrons.